The minimum absolute atomic E-state index is 0.296. The molecule has 2 fully saturated rings. The second-order valence-electron chi connectivity index (χ2n) is 5.52. The average molecular weight is 302 g/mol. The lowest BCUT2D eigenvalue weighted by molar-refractivity contribution is -0.0499. The number of pyridine rings is 1. The Kier molecular flexibility index (Phi) is 3.58. The first-order chi connectivity index (χ1) is 10.4. The number of rotatable bonds is 3. The lowest BCUT2D eigenvalue weighted by Crippen LogP contribution is -2.50. The molecule has 5 nitrogen and oxygen atoms in total. The van der Waals surface area contributed by atoms with Crippen molar-refractivity contribution in [3.8, 4) is 0 Å². The first kappa shape index (κ1) is 13.2. The third-order valence-corrected chi connectivity index (χ3v) is 5.07. The summed E-state index contributed by atoms with van der Waals surface area (Å²) in [5, 5.41) is 3.14. The summed E-state index contributed by atoms with van der Waals surface area (Å²) in [6.45, 7) is 4.74. The highest BCUT2D eigenvalue weighted by Gasteiger charge is 2.40. The minimum Gasteiger partial charge on any atom is -0.373 e. The average Bonchev–Trinajstić information content (AvgIpc) is 3.18. The second-order valence-corrected chi connectivity index (χ2v) is 6.40. The van der Waals surface area contributed by atoms with Crippen molar-refractivity contribution in [2.24, 2.45) is 0 Å². The first-order valence-electron chi connectivity index (χ1n) is 7.29. The Hall–Kier alpha value is -1.50. The van der Waals surface area contributed by atoms with Crippen molar-refractivity contribution in [3.63, 3.8) is 0 Å². The Morgan fingerprint density at radius 2 is 2.14 bits per heavy atom. The molecule has 2 atom stereocenters. The van der Waals surface area contributed by atoms with E-state index in [0.29, 0.717) is 12.1 Å². The molecule has 0 N–H and O–H groups in total. The van der Waals surface area contributed by atoms with Crippen LogP contribution in [0.5, 0.6) is 0 Å². The summed E-state index contributed by atoms with van der Waals surface area (Å²) in [7, 11) is 0. The molecule has 0 aromatic carbocycles. The van der Waals surface area contributed by atoms with E-state index in [4.69, 9.17) is 4.74 Å². The van der Waals surface area contributed by atoms with Crippen molar-refractivity contribution in [2.75, 3.05) is 31.1 Å². The van der Waals surface area contributed by atoms with E-state index in [-0.39, 0.29) is 0 Å². The maximum atomic E-state index is 5.98. The van der Waals surface area contributed by atoms with Crippen molar-refractivity contribution in [1.82, 2.24) is 14.9 Å². The number of thiazole rings is 1. The van der Waals surface area contributed by atoms with Crippen LogP contribution >= 0.6 is 11.3 Å². The molecule has 0 amide bonds. The molecule has 0 aliphatic carbocycles. The van der Waals surface area contributed by atoms with E-state index in [0.717, 1.165) is 37.9 Å². The van der Waals surface area contributed by atoms with Gasteiger partial charge in [0.1, 0.15) is 0 Å². The van der Waals surface area contributed by atoms with Crippen LogP contribution in [0.1, 0.15) is 5.56 Å². The van der Waals surface area contributed by atoms with Gasteiger partial charge in [-0.15, -0.1) is 11.3 Å². The van der Waals surface area contributed by atoms with Gasteiger partial charge in [-0.25, -0.2) is 4.98 Å². The molecular weight excluding hydrogens is 284 g/mol. The number of anilines is 1. The van der Waals surface area contributed by atoms with E-state index in [1.807, 2.05) is 24.0 Å². The number of hydrogen-bond donors (Lipinski definition) is 0. The highest BCUT2D eigenvalue weighted by atomic mass is 32.1. The molecule has 4 heterocycles. The standard InChI is InChI=1S/C15H18N4OS/c1-3-16-4-2-12(1)9-18-6-7-20-14-11-19(10-13(14)18)15-17-5-8-21-15/h1-5,8,13-14H,6-7,9-11H2/t13-,14+/m0/s1. The molecule has 2 aliphatic rings. The molecule has 2 aromatic rings. The monoisotopic (exact) mass is 302 g/mol. The van der Waals surface area contributed by atoms with Gasteiger partial charge in [-0.05, 0) is 17.7 Å². The van der Waals surface area contributed by atoms with Gasteiger partial charge in [0.15, 0.2) is 5.13 Å². The molecule has 2 aromatic heterocycles. The fraction of sp³-hybridized carbons (Fsp3) is 0.467. The molecular formula is C15H18N4OS. The Balaban J connectivity index is 1.49. The zero-order valence-electron chi connectivity index (χ0n) is 11.8. The van der Waals surface area contributed by atoms with Crippen molar-refractivity contribution < 1.29 is 4.74 Å². The molecule has 2 saturated heterocycles. The molecule has 2 aliphatic heterocycles. The molecule has 21 heavy (non-hydrogen) atoms. The highest BCUT2D eigenvalue weighted by molar-refractivity contribution is 7.13. The zero-order chi connectivity index (χ0) is 14.1. The maximum absolute atomic E-state index is 5.98. The van der Waals surface area contributed by atoms with Crippen molar-refractivity contribution in [3.05, 3.63) is 41.7 Å². The van der Waals surface area contributed by atoms with E-state index in [1.54, 1.807) is 11.3 Å². The third kappa shape index (κ3) is 2.66. The van der Waals surface area contributed by atoms with E-state index >= 15 is 0 Å². The van der Waals surface area contributed by atoms with Gasteiger partial charge >= 0.3 is 0 Å². The van der Waals surface area contributed by atoms with Crippen LogP contribution in [0.4, 0.5) is 5.13 Å². The van der Waals surface area contributed by atoms with Gasteiger partial charge in [0, 0.05) is 50.1 Å². The van der Waals surface area contributed by atoms with Crippen LogP contribution in [0.2, 0.25) is 0 Å². The summed E-state index contributed by atoms with van der Waals surface area (Å²) in [4.78, 5) is 13.4. The van der Waals surface area contributed by atoms with Gasteiger partial charge in [0.25, 0.3) is 0 Å². The summed E-state index contributed by atoms with van der Waals surface area (Å²) in [6, 6.07) is 4.64. The molecule has 0 saturated carbocycles. The number of hydrogen-bond acceptors (Lipinski definition) is 6. The van der Waals surface area contributed by atoms with Gasteiger partial charge in [-0.2, -0.15) is 0 Å². The summed E-state index contributed by atoms with van der Waals surface area (Å²) in [5.41, 5.74) is 1.32. The fourth-order valence-corrected chi connectivity index (χ4v) is 3.87. The Labute approximate surface area is 128 Å². The van der Waals surface area contributed by atoms with E-state index in [2.05, 4.69) is 31.9 Å². The molecule has 110 valence electrons. The highest BCUT2D eigenvalue weighted by Crippen LogP contribution is 2.29. The Bertz CT molecular complexity index is 577. The summed E-state index contributed by atoms with van der Waals surface area (Å²) < 4.78 is 5.98. The Morgan fingerprint density at radius 1 is 1.24 bits per heavy atom. The lowest BCUT2D eigenvalue weighted by atomic mass is 10.1. The summed E-state index contributed by atoms with van der Waals surface area (Å²) in [6.07, 6.45) is 5.90. The number of fused-ring (bicyclic) bond motifs is 1. The smallest absolute Gasteiger partial charge is 0.185 e. The number of ether oxygens (including phenoxy) is 1. The summed E-state index contributed by atoms with van der Waals surface area (Å²) in [5.74, 6) is 0. The van der Waals surface area contributed by atoms with Crippen LogP contribution in [-0.4, -0.2) is 53.3 Å². The van der Waals surface area contributed by atoms with Crippen LogP contribution in [0, 0.1) is 0 Å². The maximum Gasteiger partial charge on any atom is 0.185 e. The summed E-state index contributed by atoms with van der Waals surface area (Å²) >= 11 is 1.70. The Morgan fingerprint density at radius 3 is 2.95 bits per heavy atom. The van der Waals surface area contributed by atoms with Gasteiger partial charge in [0.2, 0.25) is 0 Å². The largest absolute Gasteiger partial charge is 0.373 e. The van der Waals surface area contributed by atoms with Gasteiger partial charge in [-0.1, -0.05) is 0 Å². The van der Waals surface area contributed by atoms with Crippen molar-refractivity contribution >= 4 is 16.5 Å². The van der Waals surface area contributed by atoms with Gasteiger partial charge in [-0.3, -0.25) is 9.88 Å². The molecule has 0 unspecified atom stereocenters. The van der Waals surface area contributed by atoms with Crippen LogP contribution in [-0.2, 0) is 11.3 Å². The molecule has 0 spiro atoms. The van der Waals surface area contributed by atoms with Crippen LogP contribution in [0.25, 0.3) is 0 Å². The minimum atomic E-state index is 0.296. The van der Waals surface area contributed by atoms with Gasteiger partial charge in [0.05, 0.1) is 18.8 Å². The normalized spacial score (nSPS) is 26.0. The van der Waals surface area contributed by atoms with Crippen LogP contribution in [0.15, 0.2) is 36.1 Å². The lowest BCUT2D eigenvalue weighted by Gasteiger charge is -2.36. The number of nitrogens with zero attached hydrogens (tertiary/aromatic N) is 4. The topological polar surface area (TPSA) is 41.5 Å². The van der Waals surface area contributed by atoms with E-state index in [1.165, 1.54) is 5.56 Å². The zero-order valence-corrected chi connectivity index (χ0v) is 12.6. The molecule has 0 bridgehead atoms. The molecule has 6 heteroatoms. The van der Waals surface area contributed by atoms with E-state index in [9.17, 15) is 0 Å². The predicted octanol–water partition coefficient (Wildman–Crippen LogP) is 1.63. The third-order valence-electron chi connectivity index (χ3n) is 4.24. The van der Waals surface area contributed by atoms with Crippen molar-refractivity contribution in [2.45, 2.75) is 18.7 Å². The quantitative estimate of drug-likeness (QED) is 0.862. The SMILES string of the molecule is c1cc(CN2CCO[C@@H]3CN(c4nccs4)C[C@@H]32)ccn1. The van der Waals surface area contributed by atoms with Crippen LogP contribution < -0.4 is 4.90 Å². The second kappa shape index (κ2) is 5.71. The molecule has 4 rings (SSSR count). The van der Waals surface area contributed by atoms with Crippen LogP contribution in [0.3, 0.4) is 0 Å². The number of aromatic nitrogens is 2. The number of morpholine rings is 1. The first-order valence-corrected chi connectivity index (χ1v) is 8.17. The molecule has 0 radical (unpaired) electrons. The van der Waals surface area contributed by atoms with Crippen molar-refractivity contribution in [1.29, 1.82) is 0 Å². The van der Waals surface area contributed by atoms with Gasteiger partial charge < -0.3 is 9.64 Å². The predicted molar refractivity (Wildman–Crippen MR) is 82.5 cm³/mol. The van der Waals surface area contributed by atoms with E-state index < -0.39 is 0 Å². The fourth-order valence-electron chi connectivity index (χ4n) is 3.21.